The third-order valence-electron chi connectivity index (χ3n) is 1.47. The minimum absolute atomic E-state index is 0.166. The average molecular weight is 166 g/mol. The van der Waals surface area contributed by atoms with Crippen molar-refractivity contribution in [1.82, 2.24) is 0 Å². The molecule has 0 unspecified atom stereocenters. The van der Waals surface area contributed by atoms with Gasteiger partial charge in [-0.1, -0.05) is 0 Å². The van der Waals surface area contributed by atoms with E-state index in [-0.39, 0.29) is 5.43 Å². The quantitative estimate of drug-likeness (QED) is 0.491. The van der Waals surface area contributed by atoms with E-state index in [9.17, 15) is 4.79 Å². The van der Waals surface area contributed by atoms with E-state index in [4.69, 9.17) is 10.6 Å². The predicted molar refractivity (Wildman–Crippen MR) is 47.1 cm³/mol. The molecule has 3 N–H and O–H groups in total. The summed E-state index contributed by atoms with van der Waals surface area (Å²) >= 11 is 0. The minimum Gasteiger partial charge on any atom is -0.497 e. The van der Waals surface area contributed by atoms with Crippen molar-refractivity contribution in [3.63, 3.8) is 0 Å². The van der Waals surface area contributed by atoms with Crippen LogP contribution in [0.1, 0.15) is 0 Å². The molecule has 0 aliphatic rings. The average Bonchev–Trinajstić information content (AvgIpc) is 2.27. The first-order valence-electron chi connectivity index (χ1n) is 3.43. The molecule has 0 aromatic heterocycles. The van der Waals surface area contributed by atoms with Crippen LogP contribution < -0.4 is 21.4 Å². The van der Waals surface area contributed by atoms with Crippen LogP contribution in [0, 0.1) is 0 Å². The van der Waals surface area contributed by atoms with E-state index in [0.717, 1.165) is 0 Å². The molecule has 1 aromatic rings. The first-order chi connectivity index (χ1) is 5.77. The monoisotopic (exact) mass is 166 g/mol. The summed E-state index contributed by atoms with van der Waals surface area (Å²) < 4.78 is 4.92. The van der Waals surface area contributed by atoms with Gasteiger partial charge in [0.15, 0.2) is 0 Å². The van der Waals surface area contributed by atoms with Gasteiger partial charge in [-0.3, -0.25) is 10.6 Å². The molecule has 4 heteroatoms. The largest absolute Gasteiger partial charge is 0.497 e. The molecule has 0 radical (unpaired) electrons. The number of hydrogen-bond acceptors (Lipinski definition) is 4. The fraction of sp³-hybridized carbons (Fsp3) is 0.125. The third-order valence-corrected chi connectivity index (χ3v) is 1.47. The van der Waals surface area contributed by atoms with Crippen LogP contribution in [-0.2, 0) is 0 Å². The highest BCUT2D eigenvalue weighted by atomic mass is 16.5. The van der Waals surface area contributed by atoms with Gasteiger partial charge in [-0.25, -0.2) is 0 Å². The zero-order valence-corrected chi connectivity index (χ0v) is 6.70. The third kappa shape index (κ3) is 1.73. The summed E-state index contributed by atoms with van der Waals surface area (Å²) in [5.74, 6) is 5.73. The SMILES string of the molecule is COc1ccc(NN)c(=O)cc1. The van der Waals surface area contributed by atoms with E-state index in [1.807, 2.05) is 0 Å². The van der Waals surface area contributed by atoms with Crippen LogP contribution >= 0.6 is 0 Å². The van der Waals surface area contributed by atoms with E-state index in [0.29, 0.717) is 11.4 Å². The molecular weight excluding hydrogens is 156 g/mol. The van der Waals surface area contributed by atoms with Crippen molar-refractivity contribution in [2.75, 3.05) is 12.5 Å². The molecular formula is C8H10N2O2. The van der Waals surface area contributed by atoms with Crippen LogP contribution in [0.3, 0.4) is 0 Å². The maximum absolute atomic E-state index is 11.1. The predicted octanol–water partition coefficient (Wildman–Crippen LogP) is 0.341. The molecule has 0 spiro atoms. The van der Waals surface area contributed by atoms with Crippen molar-refractivity contribution in [1.29, 1.82) is 0 Å². The second-order valence-electron chi connectivity index (χ2n) is 2.20. The second kappa shape index (κ2) is 3.73. The molecule has 4 nitrogen and oxygen atoms in total. The molecule has 0 amide bonds. The highest BCUT2D eigenvalue weighted by Crippen LogP contribution is 2.07. The number of anilines is 1. The number of nitrogen functional groups attached to an aromatic ring is 1. The van der Waals surface area contributed by atoms with Gasteiger partial charge in [0, 0.05) is 0 Å². The van der Waals surface area contributed by atoms with Crippen LogP contribution in [-0.4, -0.2) is 7.11 Å². The lowest BCUT2D eigenvalue weighted by Crippen LogP contribution is -2.13. The van der Waals surface area contributed by atoms with Crippen molar-refractivity contribution >= 4 is 5.69 Å². The molecule has 0 heterocycles. The molecule has 0 aliphatic heterocycles. The van der Waals surface area contributed by atoms with Crippen LogP contribution in [0.5, 0.6) is 5.75 Å². The number of nitrogens with two attached hydrogens (primary N) is 1. The van der Waals surface area contributed by atoms with E-state index in [2.05, 4.69) is 5.43 Å². The maximum Gasteiger partial charge on any atom is 0.203 e. The van der Waals surface area contributed by atoms with Gasteiger partial charge < -0.3 is 10.2 Å². The van der Waals surface area contributed by atoms with Crippen LogP contribution in [0.2, 0.25) is 0 Å². The van der Waals surface area contributed by atoms with Gasteiger partial charge in [-0.15, -0.1) is 0 Å². The molecule has 12 heavy (non-hydrogen) atoms. The smallest absolute Gasteiger partial charge is 0.203 e. The lowest BCUT2D eigenvalue weighted by molar-refractivity contribution is 0.415. The Bertz CT molecular complexity index is 325. The number of hydrazine groups is 1. The molecule has 0 saturated carbocycles. The first-order valence-corrected chi connectivity index (χ1v) is 3.43. The lowest BCUT2D eigenvalue weighted by atomic mass is 10.4. The Hall–Kier alpha value is -1.55. The Kier molecular flexibility index (Phi) is 2.66. The number of nitrogens with one attached hydrogen (secondary N) is 1. The minimum atomic E-state index is -0.166. The Morgan fingerprint density at radius 2 is 2.00 bits per heavy atom. The fourth-order valence-electron chi connectivity index (χ4n) is 0.806. The summed E-state index contributed by atoms with van der Waals surface area (Å²) in [6.45, 7) is 0. The number of methoxy groups -OCH3 is 1. The van der Waals surface area contributed by atoms with Crippen molar-refractivity contribution in [3.05, 3.63) is 34.5 Å². The Balaban J connectivity index is 3.23. The van der Waals surface area contributed by atoms with Gasteiger partial charge in [0.1, 0.15) is 5.75 Å². The van der Waals surface area contributed by atoms with Crippen molar-refractivity contribution in [3.8, 4) is 5.75 Å². The summed E-state index contributed by atoms with van der Waals surface area (Å²) in [4.78, 5) is 11.1. The van der Waals surface area contributed by atoms with Crippen molar-refractivity contribution < 1.29 is 4.74 Å². The maximum atomic E-state index is 11.1. The molecule has 0 bridgehead atoms. The van der Waals surface area contributed by atoms with E-state index in [1.165, 1.54) is 13.2 Å². The van der Waals surface area contributed by atoms with E-state index >= 15 is 0 Å². The van der Waals surface area contributed by atoms with E-state index < -0.39 is 0 Å². The van der Waals surface area contributed by atoms with Crippen LogP contribution in [0.25, 0.3) is 0 Å². The fourth-order valence-corrected chi connectivity index (χ4v) is 0.806. The van der Waals surface area contributed by atoms with Gasteiger partial charge in [-0.2, -0.15) is 0 Å². The Morgan fingerprint density at radius 3 is 2.58 bits per heavy atom. The summed E-state index contributed by atoms with van der Waals surface area (Å²) in [5.41, 5.74) is 2.48. The highest BCUT2D eigenvalue weighted by Gasteiger charge is 1.93. The van der Waals surface area contributed by atoms with Crippen molar-refractivity contribution in [2.24, 2.45) is 5.84 Å². The molecule has 0 aliphatic carbocycles. The molecule has 1 aromatic carbocycles. The summed E-state index contributed by atoms with van der Waals surface area (Å²) in [6.07, 6.45) is 0. The normalized spacial score (nSPS) is 9.17. The van der Waals surface area contributed by atoms with E-state index in [1.54, 1.807) is 18.2 Å². The van der Waals surface area contributed by atoms with Gasteiger partial charge in [0.2, 0.25) is 5.43 Å². The molecule has 64 valence electrons. The van der Waals surface area contributed by atoms with Crippen LogP contribution in [0.15, 0.2) is 29.1 Å². The molecule has 0 fully saturated rings. The standard InChI is InChI=1S/C8H10N2O2/c1-12-6-2-4-7(10-9)8(11)5-3-6/h2-5H,9H2,1H3,(H,10,11). The number of ether oxygens (including phenoxy) is 1. The molecule has 0 saturated heterocycles. The van der Waals surface area contributed by atoms with Gasteiger partial charge in [-0.05, 0) is 24.3 Å². The summed E-state index contributed by atoms with van der Waals surface area (Å²) in [7, 11) is 1.54. The van der Waals surface area contributed by atoms with Gasteiger partial charge in [0.05, 0.1) is 12.8 Å². The first kappa shape index (κ1) is 8.55. The van der Waals surface area contributed by atoms with Crippen LogP contribution in [0.4, 0.5) is 5.69 Å². The Morgan fingerprint density at radius 1 is 1.33 bits per heavy atom. The van der Waals surface area contributed by atoms with Crippen molar-refractivity contribution in [2.45, 2.75) is 0 Å². The zero-order valence-electron chi connectivity index (χ0n) is 6.70. The van der Waals surface area contributed by atoms with Gasteiger partial charge >= 0.3 is 0 Å². The highest BCUT2D eigenvalue weighted by molar-refractivity contribution is 5.42. The summed E-state index contributed by atoms with van der Waals surface area (Å²) in [5, 5.41) is 0. The molecule has 1 rings (SSSR count). The number of rotatable bonds is 2. The lowest BCUT2D eigenvalue weighted by Gasteiger charge is -1.92. The second-order valence-corrected chi connectivity index (χ2v) is 2.20. The topological polar surface area (TPSA) is 64.3 Å². The van der Waals surface area contributed by atoms with Gasteiger partial charge in [0.25, 0.3) is 0 Å². The summed E-state index contributed by atoms with van der Waals surface area (Å²) in [6, 6.07) is 6.22. The molecule has 0 atom stereocenters. The zero-order chi connectivity index (χ0) is 8.97. The Labute approximate surface area is 69.9 Å². The number of hydrogen-bond donors (Lipinski definition) is 2.